The molecule has 354 valence electrons. The maximum atomic E-state index is 14.2. The van der Waals surface area contributed by atoms with Gasteiger partial charge in [0.2, 0.25) is 27.7 Å². The molecule has 1 aliphatic rings. The number of sulfonamides is 1. The normalized spacial score (nSPS) is 16.9. The summed E-state index contributed by atoms with van der Waals surface area (Å²) in [6.45, 7) is 16.4. The first kappa shape index (κ1) is 51.7. The number of thiazole rings is 1. The molecule has 1 aliphatic heterocycles. The highest BCUT2D eigenvalue weighted by Crippen LogP contribution is 2.30. The van der Waals surface area contributed by atoms with Crippen LogP contribution in [0.25, 0.3) is 10.4 Å². The van der Waals surface area contributed by atoms with E-state index in [-0.39, 0.29) is 54.1 Å². The van der Waals surface area contributed by atoms with Crippen molar-refractivity contribution in [2.45, 2.75) is 133 Å². The molecule has 0 radical (unpaired) electrons. The smallest absolute Gasteiger partial charge is 0.246 e. The number of aromatic nitrogens is 1. The summed E-state index contributed by atoms with van der Waals surface area (Å²) in [5.41, 5.74) is 5.84. The Balaban J connectivity index is 1.07. The van der Waals surface area contributed by atoms with Crippen LogP contribution in [0, 0.1) is 19.3 Å². The Labute approximate surface area is 394 Å². The highest BCUT2D eigenvalue weighted by atomic mass is 32.2. The van der Waals surface area contributed by atoms with Crippen LogP contribution in [-0.4, -0.2) is 102 Å². The van der Waals surface area contributed by atoms with E-state index in [4.69, 9.17) is 5.14 Å². The van der Waals surface area contributed by atoms with Gasteiger partial charge in [-0.2, -0.15) is 0 Å². The highest BCUT2D eigenvalue weighted by molar-refractivity contribution is 7.99. The summed E-state index contributed by atoms with van der Waals surface area (Å²) in [6, 6.07) is 21.3. The fraction of sp³-hybridized carbons (Fsp3) is 0.510. The Morgan fingerprint density at radius 2 is 1.69 bits per heavy atom. The maximum absolute atomic E-state index is 14.2. The first-order valence-corrected chi connectivity index (χ1v) is 26.1. The second-order valence-corrected chi connectivity index (χ2v) is 21.8. The number of anilines is 1. The number of rotatable bonds is 23. The fourth-order valence-electron chi connectivity index (χ4n) is 8.10. The molecule has 1 unspecified atom stereocenters. The molecular formula is C49H69N7O6S3. The number of unbranched alkanes of at least 4 members (excludes halogenated alkanes) is 3. The zero-order valence-corrected chi connectivity index (χ0v) is 41.5. The van der Waals surface area contributed by atoms with Crippen LogP contribution in [0.3, 0.4) is 0 Å². The van der Waals surface area contributed by atoms with Crippen LogP contribution in [0.2, 0.25) is 0 Å². The number of hydrogen-bond acceptors (Lipinski definition) is 11. The number of amides is 3. The van der Waals surface area contributed by atoms with E-state index in [0.29, 0.717) is 6.42 Å². The zero-order valence-electron chi connectivity index (χ0n) is 39.0. The molecule has 16 heteroatoms. The van der Waals surface area contributed by atoms with Crippen molar-refractivity contribution in [3.63, 3.8) is 0 Å². The summed E-state index contributed by atoms with van der Waals surface area (Å²) in [4.78, 5) is 51.8. The molecule has 13 nitrogen and oxygen atoms in total. The van der Waals surface area contributed by atoms with E-state index in [9.17, 15) is 27.9 Å². The standard InChI is InChI=1S/C49H69N7O6S3/c1-8-55(27-25-38(31-63-40-16-12-11-13-17-40)53-42-24-23-41(28-33(42)2)65(50,61)62)26-15-10-9-14-18-44(58)54-46(49(5,6)7)48(60)56-30-39(57)29-43(56)47(59)52-34(3)36-19-21-37(22-20-36)45-35(4)51-32-64-45/h11-13,16-17,19-24,28,32,34,38-39,43,46,53,57H,8-10,14-15,18,25-27,29-31H2,1-7H3,(H,52,59)(H,54,58)(H2,50,61,62)/t34-,38+,39?,43-,46+/m0/s1. The molecule has 3 aromatic carbocycles. The molecule has 5 rings (SSSR count). The first-order valence-electron chi connectivity index (χ1n) is 22.7. The third-order valence-corrected chi connectivity index (χ3v) is 15.1. The van der Waals surface area contributed by atoms with Crippen molar-refractivity contribution in [3.05, 3.63) is 95.1 Å². The van der Waals surface area contributed by atoms with Gasteiger partial charge < -0.3 is 30.9 Å². The zero-order chi connectivity index (χ0) is 47.3. The molecule has 5 atom stereocenters. The van der Waals surface area contributed by atoms with Crippen LogP contribution < -0.4 is 21.1 Å². The number of aliphatic hydroxyl groups excluding tert-OH is 1. The molecule has 6 N–H and O–H groups in total. The number of benzene rings is 3. The van der Waals surface area contributed by atoms with Crippen LogP contribution in [0.4, 0.5) is 5.69 Å². The van der Waals surface area contributed by atoms with Crippen molar-refractivity contribution >= 4 is 56.5 Å². The second-order valence-electron chi connectivity index (χ2n) is 18.3. The van der Waals surface area contributed by atoms with Gasteiger partial charge in [0.1, 0.15) is 12.1 Å². The molecule has 65 heavy (non-hydrogen) atoms. The largest absolute Gasteiger partial charge is 0.391 e. The number of nitrogens with two attached hydrogens (primary N) is 1. The van der Waals surface area contributed by atoms with Gasteiger partial charge in [-0.05, 0) is 106 Å². The second kappa shape index (κ2) is 23.9. The van der Waals surface area contributed by atoms with Gasteiger partial charge >= 0.3 is 0 Å². The Bertz CT molecular complexity index is 2280. The van der Waals surface area contributed by atoms with Gasteiger partial charge in [0.05, 0.1) is 33.1 Å². The number of nitrogens with zero attached hydrogens (tertiary/aromatic N) is 3. The van der Waals surface area contributed by atoms with Crippen molar-refractivity contribution in [2.75, 3.05) is 37.2 Å². The minimum absolute atomic E-state index is 0.0200. The van der Waals surface area contributed by atoms with E-state index in [1.165, 1.54) is 9.80 Å². The molecule has 0 bridgehead atoms. The maximum Gasteiger partial charge on any atom is 0.246 e. The lowest BCUT2D eigenvalue weighted by molar-refractivity contribution is -0.144. The van der Waals surface area contributed by atoms with Gasteiger partial charge in [0, 0.05) is 48.3 Å². The lowest BCUT2D eigenvalue weighted by Crippen LogP contribution is -2.57. The van der Waals surface area contributed by atoms with Crippen molar-refractivity contribution in [1.82, 2.24) is 25.4 Å². The number of likely N-dealkylation sites (tertiary alicyclic amines) is 1. The van der Waals surface area contributed by atoms with E-state index in [2.05, 4.69) is 44.9 Å². The number of primary sulfonamides is 1. The van der Waals surface area contributed by atoms with Crippen molar-refractivity contribution in [3.8, 4) is 10.4 Å². The molecule has 0 saturated carbocycles. The van der Waals surface area contributed by atoms with Crippen LogP contribution in [0.5, 0.6) is 0 Å². The Kier molecular flexibility index (Phi) is 19.0. The van der Waals surface area contributed by atoms with Crippen LogP contribution in [-0.2, 0) is 24.4 Å². The van der Waals surface area contributed by atoms with Crippen LogP contribution >= 0.6 is 23.1 Å². The monoisotopic (exact) mass is 947 g/mol. The summed E-state index contributed by atoms with van der Waals surface area (Å²) in [6.07, 6.45) is 3.96. The summed E-state index contributed by atoms with van der Waals surface area (Å²) >= 11 is 3.37. The Morgan fingerprint density at radius 1 is 0.985 bits per heavy atom. The molecule has 0 spiro atoms. The third-order valence-electron chi connectivity index (χ3n) is 12.0. The van der Waals surface area contributed by atoms with Gasteiger partial charge in [0.25, 0.3) is 0 Å². The van der Waals surface area contributed by atoms with E-state index < -0.39 is 33.6 Å². The number of carbonyl (C=O) groups is 3. The minimum Gasteiger partial charge on any atom is -0.391 e. The lowest BCUT2D eigenvalue weighted by atomic mass is 9.85. The van der Waals surface area contributed by atoms with Gasteiger partial charge in [-0.15, -0.1) is 23.1 Å². The molecular weight excluding hydrogens is 879 g/mol. The molecule has 1 aromatic heterocycles. The summed E-state index contributed by atoms with van der Waals surface area (Å²) in [7, 11) is -3.79. The number of β-amino-alcohol motifs (C(OH)–C–C–N with tert-alkyl or cyclic N) is 1. The number of carbonyl (C=O) groups excluding carboxylic acids is 3. The van der Waals surface area contributed by atoms with Crippen LogP contribution in [0.1, 0.15) is 102 Å². The van der Waals surface area contributed by atoms with Crippen molar-refractivity contribution < 1.29 is 27.9 Å². The molecule has 2 heterocycles. The van der Waals surface area contributed by atoms with E-state index >= 15 is 0 Å². The molecule has 4 aromatic rings. The van der Waals surface area contributed by atoms with Crippen molar-refractivity contribution in [2.24, 2.45) is 10.6 Å². The summed E-state index contributed by atoms with van der Waals surface area (Å²) in [5.74, 6) is -0.0810. The Morgan fingerprint density at radius 3 is 2.32 bits per heavy atom. The van der Waals surface area contributed by atoms with Gasteiger partial charge in [-0.25, -0.2) is 18.5 Å². The van der Waals surface area contributed by atoms with E-state index in [1.54, 1.807) is 41.3 Å². The first-order chi connectivity index (χ1) is 30.8. The van der Waals surface area contributed by atoms with Gasteiger partial charge in [-0.1, -0.05) is 83.0 Å². The van der Waals surface area contributed by atoms with E-state index in [0.717, 1.165) is 84.0 Å². The fourth-order valence-corrected chi connectivity index (χ4v) is 10.5. The predicted molar refractivity (Wildman–Crippen MR) is 263 cm³/mol. The number of thioether (sulfide) groups is 1. The summed E-state index contributed by atoms with van der Waals surface area (Å²) < 4.78 is 23.8. The highest BCUT2D eigenvalue weighted by Gasteiger charge is 2.44. The SMILES string of the molecule is CCN(CCCCCCC(=O)N[C@H](C(=O)N1CC(O)C[C@H]1C(=O)N[C@@H](C)c1ccc(-c2scnc2C)cc1)C(C)(C)C)CC[C@H](CSc1ccccc1)Nc1ccc(S(N)(=O)=O)cc1C. The molecule has 0 aliphatic carbocycles. The van der Waals surface area contributed by atoms with Gasteiger partial charge in [-0.3, -0.25) is 14.4 Å². The average molecular weight is 948 g/mol. The quantitative estimate of drug-likeness (QED) is 0.0365. The third kappa shape index (κ3) is 15.4. The topological polar surface area (TPSA) is 187 Å². The van der Waals surface area contributed by atoms with Crippen LogP contribution in [0.15, 0.2) is 88.1 Å². The number of nitrogens with one attached hydrogen (secondary N) is 3. The summed E-state index contributed by atoms with van der Waals surface area (Å²) in [5, 5.41) is 25.8. The van der Waals surface area contributed by atoms with Gasteiger partial charge in [0.15, 0.2) is 0 Å². The van der Waals surface area contributed by atoms with E-state index in [1.807, 2.05) is 89.5 Å². The number of aryl methyl sites for hydroxylation is 2. The number of hydrogen-bond donors (Lipinski definition) is 5. The molecule has 3 amide bonds. The predicted octanol–water partition coefficient (Wildman–Crippen LogP) is 7.68. The Hall–Kier alpha value is -4.32. The van der Waals surface area contributed by atoms with Crippen molar-refractivity contribution in [1.29, 1.82) is 0 Å². The number of aliphatic hydroxyl groups is 1. The molecule has 1 saturated heterocycles. The molecule has 1 fully saturated rings. The lowest BCUT2D eigenvalue weighted by Gasteiger charge is -2.35. The minimum atomic E-state index is -3.79. The average Bonchev–Trinajstić information content (AvgIpc) is 3.89.